The molecular formula is C19H14BrClN4O3S2. The van der Waals surface area contributed by atoms with Gasteiger partial charge in [0.15, 0.2) is 10.8 Å². The molecule has 0 spiro atoms. The highest BCUT2D eigenvalue weighted by Crippen LogP contribution is 2.36. The maximum absolute atomic E-state index is 12.3. The Morgan fingerprint density at radius 3 is 2.60 bits per heavy atom. The molecule has 0 radical (unpaired) electrons. The van der Waals surface area contributed by atoms with Crippen LogP contribution in [0.15, 0.2) is 52.3 Å². The van der Waals surface area contributed by atoms with E-state index < -0.39 is 15.9 Å². The molecule has 1 aromatic heterocycles. The van der Waals surface area contributed by atoms with Gasteiger partial charge < -0.3 is 4.90 Å². The van der Waals surface area contributed by atoms with Crippen LogP contribution in [0.2, 0.25) is 5.02 Å². The number of thiazole rings is 1. The number of halogens is 2. The highest BCUT2D eigenvalue weighted by atomic mass is 79.9. The molecule has 0 aliphatic rings. The van der Waals surface area contributed by atoms with Crippen LogP contribution < -0.4 is 9.62 Å². The van der Waals surface area contributed by atoms with Crippen molar-refractivity contribution in [3.8, 4) is 6.07 Å². The molecule has 1 N–H and O–H groups in total. The van der Waals surface area contributed by atoms with Crippen LogP contribution in [0.3, 0.4) is 0 Å². The van der Waals surface area contributed by atoms with Gasteiger partial charge >= 0.3 is 0 Å². The number of carbonyl (C=O) groups is 1. The number of nitrogens with one attached hydrogen (secondary N) is 1. The molecule has 0 saturated heterocycles. The van der Waals surface area contributed by atoms with E-state index in [1.807, 2.05) is 27.8 Å². The molecular weight excluding hydrogens is 512 g/mol. The van der Waals surface area contributed by atoms with Crippen LogP contribution in [0.25, 0.3) is 0 Å². The standard InChI is InChI=1S/C19H14BrClN4O3S2/c1-30(27,28)24-18(26)16-17(20)29-19(23-16)25(11-13-3-2-4-14(21)9-13)15-7-5-12(10-22)6-8-15/h2-9H,11H2,1H3,(H,24,26). The summed E-state index contributed by atoms with van der Waals surface area (Å²) in [5.41, 5.74) is 2.12. The normalized spacial score (nSPS) is 11.0. The van der Waals surface area contributed by atoms with Crippen molar-refractivity contribution in [1.82, 2.24) is 9.71 Å². The molecule has 0 bridgehead atoms. The maximum Gasteiger partial charge on any atom is 0.285 e. The average molecular weight is 526 g/mol. The molecule has 0 fully saturated rings. The molecule has 3 rings (SSSR count). The first-order chi connectivity index (χ1) is 14.2. The van der Waals surface area contributed by atoms with Crippen molar-refractivity contribution in [3.05, 3.63) is 74.2 Å². The van der Waals surface area contributed by atoms with E-state index in [0.29, 0.717) is 26.0 Å². The molecule has 0 atom stereocenters. The minimum Gasteiger partial charge on any atom is -0.313 e. The van der Waals surface area contributed by atoms with Gasteiger partial charge in [-0.1, -0.05) is 35.1 Å². The van der Waals surface area contributed by atoms with Gasteiger partial charge in [0, 0.05) is 10.7 Å². The van der Waals surface area contributed by atoms with Gasteiger partial charge in [-0.3, -0.25) is 4.79 Å². The summed E-state index contributed by atoms with van der Waals surface area (Å²) in [6, 6.07) is 16.3. The van der Waals surface area contributed by atoms with Crippen molar-refractivity contribution in [1.29, 1.82) is 5.26 Å². The summed E-state index contributed by atoms with van der Waals surface area (Å²) in [6.45, 7) is 0.388. The van der Waals surface area contributed by atoms with Crippen molar-refractivity contribution >= 4 is 65.6 Å². The van der Waals surface area contributed by atoms with E-state index in [1.54, 1.807) is 30.3 Å². The van der Waals surface area contributed by atoms with E-state index in [-0.39, 0.29) is 5.69 Å². The Morgan fingerprint density at radius 1 is 1.30 bits per heavy atom. The second kappa shape index (κ2) is 9.14. The highest BCUT2D eigenvalue weighted by Gasteiger charge is 2.23. The summed E-state index contributed by atoms with van der Waals surface area (Å²) in [7, 11) is -3.73. The molecule has 30 heavy (non-hydrogen) atoms. The molecule has 0 aliphatic heterocycles. The first-order valence-electron chi connectivity index (χ1n) is 8.37. The van der Waals surface area contributed by atoms with Crippen LogP contribution in [-0.4, -0.2) is 25.6 Å². The van der Waals surface area contributed by atoms with E-state index in [0.717, 1.165) is 17.5 Å². The molecule has 0 unspecified atom stereocenters. The lowest BCUT2D eigenvalue weighted by Crippen LogP contribution is -2.30. The first kappa shape index (κ1) is 22.2. The van der Waals surface area contributed by atoms with Crippen LogP contribution in [0.5, 0.6) is 0 Å². The van der Waals surface area contributed by atoms with Gasteiger partial charge in [-0.2, -0.15) is 5.26 Å². The van der Waals surface area contributed by atoms with Gasteiger partial charge in [0.25, 0.3) is 5.91 Å². The second-order valence-electron chi connectivity index (χ2n) is 6.20. The van der Waals surface area contributed by atoms with Crippen LogP contribution in [-0.2, 0) is 16.6 Å². The summed E-state index contributed by atoms with van der Waals surface area (Å²) >= 11 is 10.6. The van der Waals surface area contributed by atoms with Crippen molar-refractivity contribution in [2.45, 2.75) is 6.54 Å². The fourth-order valence-corrected chi connectivity index (χ4v) is 4.73. The minimum atomic E-state index is -3.73. The number of sulfonamides is 1. The van der Waals surface area contributed by atoms with Gasteiger partial charge in [0.2, 0.25) is 10.0 Å². The van der Waals surface area contributed by atoms with E-state index in [9.17, 15) is 13.2 Å². The number of anilines is 2. The smallest absolute Gasteiger partial charge is 0.285 e. The number of rotatable bonds is 6. The molecule has 0 saturated carbocycles. The largest absolute Gasteiger partial charge is 0.313 e. The number of carbonyl (C=O) groups excluding carboxylic acids is 1. The summed E-state index contributed by atoms with van der Waals surface area (Å²) in [4.78, 5) is 18.5. The zero-order valence-corrected chi connectivity index (χ0v) is 19.4. The zero-order valence-electron chi connectivity index (χ0n) is 15.5. The number of hydrogen-bond acceptors (Lipinski definition) is 7. The van der Waals surface area contributed by atoms with Gasteiger partial charge in [-0.05, 0) is 57.9 Å². The lowest BCUT2D eigenvalue weighted by atomic mass is 10.2. The topological polar surface area (TPSA) is 103 Å². The summed E-state index contributed by atoms with van der Waals surface area (Å²) in [5, 5.41) is 10.1. The Hall–Kier alpha value is -2.45. The molecule has 154 valence electrons. The summed E-state index contributed by atoms with van der Waals surface area (Å²) in [6.07, 6.45) is 0.897. The maximum atomic E-state index is 12.3. The third kappa shape index (κ3) is 5.58. The molecule has 0 aliphatic carbocycles. The second-order valence-corrected chi connectivity index (χ2v) is 10.7. The molecule has 2 aromatic carbocycles. The van der Waals surface area contributed by atoms with E-state index >= 15 is 0 Å². The monoisotopic (exact) mass is 524 g/mol. The van der Waals surface area contributed by atoms with E-state index in [1.165, 1.54) is 11.3 Å². The van der Waals surface area contributed by atoms with Crippen LogP contribution in [0.1, 0.15) is 21.6 Å². The lowest BCUT2D eigenvalue weighted by molar-refractivity contribution is 0.0977. The first-order valence-corrected chi connectivity index (χ1v) is 12.2. The molecule has 3 aromatic rings. The quantitative estimate of drug-likeness (QED) is 0.510. The Kier molecular flexibility index (Phi) is 6.77. The molecule has 11 heteroatoms. The third-order valence-corrected chi connectivity index (χ3v) is 6.36. The van der Waals surface area contributed by atoms with Crippen molar-refractivity contribution in [3.63, 3.8) is 0 Å². The van der Waals surface area contributed by atoms with Crippen LogP contribution in [0, 0.1) is 11.3 Å². The number of nitriles is 1. The third-order valence-electron chi connectivity index (χ3n) is 3.84. The van der Waals surface area contributed by atoms with Gasteiger partial charge in [0.05, 0.1) is 24.4 Å². The molecule has 1 amide bonds. The zero-order chi connectivity index (χ0) is 21.9. The molecule has 1 heterocycles. The van der Waals surface area contributed by atoms with Crippen LogP contribution >= 0.6 is 38.9 Å². The number of benzene rings is 2. The number of amides is 1. The SMILES string of the molecule is CS(=O)(=O)NC(=O)c1nc(N(Cc2cccc(Cl)c2)c2ccc(C#N)cc2)sc1Br. The van der Waals surface area contributed by atoms with Gasteiger partial charge in [-0.15, -0.1) is 0 Å². The minimum absolute atomic E-state index is 0.0369. The fourth-order valence-electron chi connectivity index (χ4n) is 2.57. The Labute approximate surface area is 191 Å². The van der Waals surface area contributed by atoms with Crippen molar-refractivity contribution in [2.24, 2.45) is 0 Å². The van der Waals surface area contributed by atoms with Gasteiger partial charge in [0.1, 0.15) is 3.79 Å². The van der Waals surface area contributed by atoms with Gasteiger partial charge in [-0.25, -0.2) is 18.1 Å². The fraction of sp³-hybridized carbons (Fsp3) is 0.105. The van der Waals surface area contributed by atoms with Crippen molar-refractivity contribution < 1.29 is 13.2 Å². The molecule has 7 nitrogen and oxygen atoms in total. The van der Waals surface area contributed by atoms with E-state index in [2.05, 4.69) is 27.0 Å². The number of aromatic nitrogens is 1. The number of nitrogens with zero attached hydrogens (tertiary/aromatic N) is 3. The summed E-state index contributed by atoms with van der Waals surface area (Å²) in [5.74, 6) is -0.825. The van der Waals surface area contributed by atoms with E-state index in [4.69, 9.17) is 16.9 Å². The summed E-state index contributed by atoms with van der Waals surface area (Å²) < 4.78 is 25.1. The van der Waals surface area contributed by atoms with Crippen LogP contribution in [0.4, 0.5) is 10.8 Å². The Bertz CT molecular complexity index is 1240. The predicted octanol–water partition coefficient (Wildman–Crippen LogP) is 4.46. The Balaban J connectivity index is 2.02. The highest BCUT2D eigenvalue weighted by molar-refractivity contribution is 9.11. The average Bonchev–Trinajstić information content (AvgIpc) is 3.06. The lowest BCUT2D eigenvalue weighted by Gasteiger charge is -2.22. The predicted molar refractivity (Wildman–Crippen MR) is 121 cm³/mol. The number of hydrogen-bond donors (Lipinski definition) is 1. The van der Waals surface area contributed by atoms with Crippen molar-refractivity contribution in [2.75, 3.05) is 11.2 Å². The Morgan fingerprint density at radius 2 is 2.00 bits per heavy atom.